The van der Waals surface area contributed by atoms with Gasteiger partial charge in [-0.05, 0) is 11.8 Å². The Morgan fingerprint density at radius 2 is 1.75 bits per heavy atom. The molecule has 1 N–H and O–H groups in total. The summed E-state index contributed by atoms with van der Waals surface area (Å²) >= 11 is 0. The fourth-order valence-electron chi connectivity index (χ4n) is 1.67. The van der Waals surface area contributed by atoms with Crippen LogP contribution in [-0.2, 0) is 0 Å². The van der Waals surface area contributed by atoms with E-state index >= 15 is 0 Å². The van der Waals surface area contributed by atoms with Gasteiger partial charge in [0.2, 0.25) is 0 Å². The second-order valence-corrected chi connectivity index (χ2v) is 5.08. The Bertz CT molecular complexity index is 474. The Morgan fingerprint density at radius 1 is 1.20 bits per heavy atom. The molecule has 1 atom stereocenters. The van der Waals surface area contributed by atoms with E-state index in [1.165, 1.54) is 20.3 Å². The number of ether oxygens (including phenoxy) is 2. The van der Waals surface area contributed by atoms with Crippen molar-refractivity contribution in [3.8, 4) is 11.5 Å². The Hall–Kier alpha value is -1.98. The van der Waals surface area contributed by atoms with E-state index in [4.69, 9.17) is 9.47 Å². The summed E-state index contributed by atoms with van der Waals surface area (Å²) in [5, 5.41) is 14.3. The van der Waals surface area contributed by atoms with Gasteiger partial charge in [0.05, 0.1) is 25.2 Å². The molecular formula is C14H22N2O4. The molecule has 1 unspecified atom stereocenters. The largest absolute Gasteiger partial charge is 0.493 e. The number of nitro benzene ring substituents is 1. The van der Waals surface area contributed by atoms with Crippen LogP contribution in [0, 0.1) is 22.0 Å². The lowest BCUT2D eigenvalue weighted by molar-refractivity contribution is -0.384. The second kappa shape index (κ2) is 6.98. The summed E-state index contributed by atoms with van der Waals surface area (Å²) < 4.78 is 10.3. The minimum Gasteiger partial charge on any atom is -0.493 e. The highest BCUT2D eigenvalue weighted by molar-refractivity contribution is 5.68. The number of benzene rings is 1. The zero-order chi connectivity index (χ0) is 15.3. The Labute approximate surface area is 119 Å². The van der Waals surface area contributed by atoms with Gasteiger partial charge in [0.25, 0.3) is 5.69 Å². The first-order valence-electron chi connectivity index (χ1n) is 6.55. The van der Waals surface area contributed by atoms with Gasteiger partial charge in [0.15, 0.2) is 11.5 Å². The molecule has 0 aliphatic heterocycles. The molecule has 6 nitrogen and oxygen atoms in total. The van der Waals surface area contributed by atoms with Crippen molar-refractivity contribution in [2.24, 2.45) is 11.8 Å². The second-order valence-electron chi connectivity index (χ2n) is 5.08. The molecule has 0 spiro atoms. The maximum absolute atomic E-state index is 11.1. The van der Waals surface area contributed by atoms with Gasteiger partial charge < -0.3 is 14.8 Å². The van der Waals surface area contributed by atoms with Crippen LogP contribution in [0.2, 0.25) is 0 Å². The predicted molar refractivity (Wildman–Crippen MR) is 78.7 cm³/mol. The Balaban J connectivity index is 3.06. The number of nitrogens with one attached hydrogen (secondary N) is 1. The van der Waals surface area contributed by atoms with E-state index in [0.717, 1.165) is 0 Å². The van der Waals surface area contributed by atoms with Gasteiger partial charge in [-0.2, -0.15) is 0 Å². The molecule has 0 heterocycles. The number of methoxy groups -OCH3 is 2. The van der Waals surface area contributed by atoms with Crippen molar-refractivity contribution in [3.05, 3.63) is 22.2 Å². The lowest BCUT2D eigenvalue weighted by Gasteiger charge is -2.18. The molecule has 0 fully saturated rings. The molecule has 1 aromatic carbocycles. The molecular weight excluding hydrogens is 260 g/mol. The highest BCUT2D eigenvalue weighted by atomic mass is 16.6. The summed E-state index contributed by atoms with van der Waals surface area (Å²) in [6, 6.07) is 2.98. The highest BCUT2D eigenvalue weighted by Gasteiger charge is 2.20. The molecule has 1 aromatic rings. The maximum Gasteiger partial charge on any atom is 0.296 e. The number of hydrogen-bond acceptors (Lipinski definition) is 5. The molecule has 0 aliphatic carbocycles. The number of nitrogens with zero attached hydrogens (tertiary/aromatic N) is 1. The normalized spacial score (nSPS) is 12.1. The first-order chi connectivity index (χ1) is 9.40. The highest BCUT2D eigenvalue weighted by Crippen LogP contribution is 2.37. The average molecular weight is 282 g/mol. The van der Waals surface area contributed by atoms with E-state index < -0.39 is 4.92 Å². The molecule has 0 bridgehead atoms. The van der Waals surface area contributed by atoms with Gasteiger partial charge in [-0.1, -0.05) is 20.8 Å². The minimum atomic E-state index is -0.426. The fraction of sp³-hybridized carbons (Fsp3) is 0.571. The molecule has 0 aliphatic rings. The quantitative estimate of drug-likeness (QED) is 0.613. The summed E-state index contributed by atoms with van der Waals surface area (Å²) in [6.45, 7) is 7.00. The summed E-state index contributed by atoms with van der Waals surface area (Å²) in [5.41, 5.74) is 0.429. The van der Waals surface area contributed by atoms with Crippen molar-refractivity contribution in [1.29, 1.82) is 0 Å². The number of nitro groups is 1. The monoisotopic (exact) mass is 282 g/mol. The third kappa shape index (κ3) is 3.76. The topological polar surface area (TPSA) is 73.6 Å². The molecule has 112 valence electrons. The summed E-state index contributed by atoms with van der Waals surface area (Å²) in [5.74, 6) is 1.73. The van der Waals surface area contributed by atoms with Crippen LogP contribution in [0.25, 0.3) is 0 Å². The van der Waals surface area contributed by atoms with E-state index in [1.807, 2.05) is 0 Å². The van der Waals surface area contributed by atoms with Crippen molar-refractivity contribution < 1.29 is 14.4 Å². The fourth-order valence-corrected chi connectivity index (χ4v) is 1.67. The van der Waals surface area contributed by atoms with E-state index in [0.29, 0.717) is 35.6 Å². The molecule has 0 radical (unpaired) electrons. The predicted octanol–water partition coefficient (Wildman–Crippen LogP) is 3.32. The van der Waals surface area contributed by atoms with Crippen LogP contribution in [0.1, 0.15) is 20.8 Å². The van der Waals surface area contributed by atoms with E-state index in [-0.39, 0.29) is 5.69 Å². The SMILES string of the molecule is COc1cc(NCC(C)C(C)C)c([N+](=O)[O-])cc1OC. The van der Waals surface area contributed by atoms with Crippen LogP contribution in [0.5, 0.6) is 11.5 Å². The van der Waals surface area contributed by atoms with Gasteiger partial charge >= 0.3 is 0 Å². The van der Waals surface area contributed by atoms with Crippen LogP contribution >= 0.6 is 0 Å². The molecule has 20 heavy (non-hydrogen) atoms. The van der Waals surface area contributed by atoms with E-state index in [9.17, 15) is 10.1 Å². The third-order valence-electron chi connectivity index (χ3n) is 3.45. The van der Waals surface area contributed by atoms with E-state index in [2.05, 4.69) is 26.1 Å². The summed E-state index contributed by atoms with van der Waals surface area (Å²) in [7, 11) is 2.96. The smallest absolute Gasteiger partial charge is 0.296 e. The van der Waals surface area contributed by atoms with Gasteiger partial charge in [-0.25, -0.2) is 0 Å². The van der Waals surface area contributed by atoms with Gasteiger partial charge in [-0.15, -0.1) is 0 Å². The third-order valence-corrected chi connectivity index (χ3v) is 3.45. The lowest BCUT2D eigenvalue weighted by atomic mass is 9.98. The lowest BCUT2D eigenvalue weighted by Crippen LogP contribution is -2.17. The molecule has 0 saturated carbocycles. The Morgan fingerprint density at radius 3 is 2.20 bits per heavy atom. The summed E-state index contributed by atoms with van der Waals surface area (Å²) in [6.07, 6.45) is 0. The van der Waals surface area contributed by atoms with Crippen LogP contribution in [-0.4, -0.2) is 25.7 Å². The first kappa shape index (κ1) is 16.1. The minimum absolute atomic E-state index is 0.0152. The molecule has 0 amide bonds. The average Bonchev–Trinajstić information content (AvgIpc) is 2.43. The van der Waals surface area contributed by atoms with Crippen molar-refractivity contribution in [2.45, 2.75) is 20.8 Å². The van der Waals surface area contributed by atoms with Crippen LogP contribution < -0.4 is 14.8 Å². The van der Waals surface area contributed by atoms with Crippen molar-refractivity contribution in [1.82, 2.24) is 0 Å². The summed E-state index contributed by atoms with van der Waals surface area (Å²) in [4.78, 5) is 10.7. The van der Waals surface area contributed by atoms with Crippen molar-refractivity contribution in [2.75, 3.05) is 26.1 Å². The van der Waals surface area contributed by atoms with Gasteiger partial charge in [0.1, 0.15) is 5.69 Å². The molecule has 0 saturated heterocycles. The first-order valence-corrected chi connectivity index (χ1v) is 6.55. The van der Waals surface area contributed by atoms with Gasteiger partial charge in [0, 0.05) is 12.6 Å². The van der Waals surface area contributed by atoms with Crippen molar-refractivity contribution in [3.63, 3.8) is 0 Å². The van der Waals surface area contributed by atoms with E-state index in [1.54, 1.807) is 6.07 Å². The van der Waals surface area contributed by atoms with Gasteiger partial charge in [-0.3, -0.25) is 10.1 Å². The standard InChI is InChI=1S/C14H22N2O4/c1-9(2)10(3)8-15-11-6-13(19-4)14(20-5)7-12(11)16(17)18/h6-7,9-10,15H,8H2,1-5H3. The Kier molecular flexibility index (Phi) is 5.61. The maximum atomic E-state index is 11.1. The van der Waals surface area contributed by atoms with Crippen LogP contribution in [0.15, 0.2) is 12.1 Å². The number of hydrogen-bond donors (Lipinski definition) is 1. The zero-order valence-corrected chi connectivity index (χ0v) is 12.6. The molecule has 6 heteroatoms. The van der Waals surface area contributed by atoms with Crippen LogP contribution in [0.3, 0.4) is 0 Å². The number of anilines is 1. The molecule has 0 aromatic heterocycles. The van der Waals surface area contributed by atoms with Crippen molar-refractivity contribution >= 4 is 11.4 Å². The molecule has 1 rings (SSSR count). The zero-order valence-electron chi connectivity index (χ0n) is 12.6. The number of rotatable bonds is 7. The van der Waals surface area contributed by atoms with Crippen LogP contribution in [0.4, 0.5) is 11.4 Å².